The number of aliphatic carboxylic acids is 1. The molecule has 0 bridgehead atoms. The third-order valence-corrected chi connectivity index (χ3v) is 4.39. The summed E-state index contributed by atoms with van der Waals surface area (Å²) in [6, 6.07) is 9.06. The van der Waals surface area contributed by atoms with Crippen LogP contribution in [0.15, 0.2) is 30.3 Å². The lowest BCUT2D eigenvalue weighted by atomic mass is 9.95. The highest BCUT2D eigenvalue weighted by Crippen LogP contribution is 2.18. The van der Waals surface area contributed by atoms with E-state index in [1.54, 1.807) is 17.0 Å². The largest absolute Gasteiger partial charge is 0.484 e. The molecule has 1 unspecified atom stereocenters. The predicted molar refractivity (Wildman–Crippen MR) is 92.5 cm³/mol. The molecule has 1 fully saturated rings. The molecule has 1 aromatic carbocycles. The van der Waals surface area contributed by atoms with E-state index in [1.165, 1.54) is 0 Å². The molecule has 1 saturated heterocycles. The summed E-state index contributed by atoms with van der Waals surface area (Å²) >= 11 is 0. The highest BCUT2D eigenvalue weighted by Gasteiger charge is 2.32. The van der Waals surface area contributed by atoms with E-state index in [9.17, 15) is 19.5 Å². The van der Waals surface area contributed by atoms with Crippen molar-refractivity contribution < 1.29 is 29.3 Å². The summed E-state index contributed by atoms with van der Waals surface area (Å²) in [4.78, 5) is 36.8. The molecule has 0 aromatic heterocycles. The van der Waals surface area contributed by atoms with Crippen molar-refractivity contribution in [3.63, 3.8) is 0 Å². The van der Waals surface area contributed by atoms with Crippen LogP contribution in [0.4, 0.5) is 0 Å². The Morgan fingerprint density at radius 3 is 2.42 bits per heavy atom. The van der Waals surface area contributed by atoms with Gasteiger partial charge < -0.3 is 25.2 Å². The second-order valence-corrected chi connectivity index (χ2v) is 6.55. The van der Waals surface area contributed by atoms with E-state index in [0.717, 1.165) is 6.92 Å². The summed E-state index contributed by atoms with van der Waals surface area (Å²) in [5.41, 5.74) is -2.00. The summed E-state index contributed by atoms with van der Waals surface area (Å²) in [7, 11) is 0. The van der Waals surface area contributed by atoms with Crippen LogP contribution < -0.4 is 10.1 Å². The number of carbonyl (C=O) groups is 3. The lowest BCUT2D eigenvalue weighted by Crippen LogP contribution is -2.49. The highest BCUT2D eigenvalue weighted by atomic mass is 16.5. The molecule has 8 nitrogen and oxygen atoms in total. The minimum Gasteiger partial charge on any atom is -0.484 e. The number of amides is 2. The number of likely N-dealkylation sites (tertiary alicyclic amines) is 1. The number of carboxylic acid groups (broad SMARTS) is 1. The normalized spacial score (nSPS) is 17.2. The van der Waals surface area contributed by atoms with Crippen molar-refractivity contribution in [3.05, 3.63) is 30.3 Å². The Morgan fingerprint density at radius 2 is 1.85 bits per heavy atom. The van der Waals surface area contributed by atoms with Crippen molar-refractivity contribution in [2.24, 2.45) is 5.92 Å². The SMILES string of the molecule is CC(O)(CNC(=O)C1CCN(C(=O)COc2ccccc2)CC1)C(=O)O. The van der Waals surface area contributed by atoms with Gasteiger partial charge in [-0.3, -0.25) is 9.59 Å². The molecule has 1 heterocycles. The van der Waals surface area contributed by atoms with Gasteiger partial charge in [-0.1, -0.05) is 18.2 Å². The number of hydrogen-bond acceptors (Lipinski definition) is 5. The molecule has 0 spiro atoms. The van der Waals surface area contributed by atoms with Gasteiger partial charge in [0.2, 0.25) is 5.91 Å². The zero-order valence-electron chi connectivity index (χ0n) is 14.7. The quantitative estimate of drug-likeness (QED) is 0.639. The molecule has 1 aliphatic heterocycles. The van der Waals surface area contributed by atoms with Crippen LogP contribution >= 0.6 is 0 Å². The Balaban J connectivity index is 1.73. The lowest BCUT2D eigenvalue weighted by molar-refractivity contribution is -0.156. The van der Waals surface area contributed by atoms with Gasteiger partial charge in [-0.05, 0) is 31.9 Å². The van der Waals surface area contributed by atoms with Crippen LogP contribution in [0.3, 0.4) is 0 Å². The van der Waals surface area contributed by atoms with Crippen molar-refractivity contribution in [2.45, 2.75) is 25.4 Å². The average Bonchev–Trinajstić information content (AvgIpc) is 2.65. The molecule has 1 atom stereocenters. The number of para-hydroxylation sites is 1. The number of rotatable bonds is 7. The van der Waals surface area contributed by atoms with E-state index in [-0.39, 0.29) is 30.9 Å². The molecule has 1 aliphatic rings. The summed E-state index contributed by atoms with van der Waals surface area (Å²) < 4.78 is 5.44. The maximum atomic E-state index is 12.2. The second kappa shape index (κ2) is 8.66. The molecular formula is C18H24N2O6. The van der Waals surface area contributed by atoms with E-state index < -0.39 is 11.6 Å². The molecule has 1 aromatic rings. The summed E-state index contributed by atoms with van der Waals surface area (Å²) in [5.74, 6) is -1.52. The number of carboxylic acids is 1. The first-order valence-corrected chi connectivity index (χ1v) is 8.48. The first kappa shape index (κ1) is 19.7. The first-order valence-electron chi connectivity index (χ1n) is 8.48. The van der Waals surface area contributed by atoms with Crippen molar-refractivity contribution in [2.75, 3.05) is 26.2 Å². The smallest absolute Gasteiger partial charge is 0.337 e. The van der Waals surface area contributed by atoms with Gasteiger partial charge >= 0.3 is 5.97 Å². The van der Waals surface area contributed by atoms with Crippen LogP contribution in [0, 0.1) is 5.92 Å². The molecular weight excluding hydrogens is 340 g/mol. The van der Waals surface area contributed by atoms with Crippen LogP contribution in [-0.2, 0) is 14.4 Å². The second-order valence-electron chi connectivity index (χ2n) is 6.55. The van der Waals surface area contributed by atoms with E-state index in [4.69, 9.17) is 9.84 Å². The van der Waals surface area contributed by atoms with E-state index in [2.05, 4.69) is 5.32 Å². The number of nitrogens with zero attached hydrogens (tertiary/aromatic N) is 1. The first-order chi connectivity index (χ1) is 12.3. The summed E-state index contributed by atoms with van der Waals surface area (Å²) in [5, 5.41) is 20.9. The molecule has 142 valence electrons. The van der Waals surface area contributed by atoms with Gasteiger partial charge in [0, 0.05) is 19.0 Å². The number of ether oxygens (including phenoxy) is 1. The van der Waals surface area contributed by atoms with E-state index in [0.29, 0.717) is 31.7 Å². The number of aliphatic hydroxyl groups is 1. The Morgan fingerprint density at radius 1 is 1.23 bits per heavy atom. The predicted octanol–water partition coefficient (Wildman–Crippen LogP) is 0.256. The fourth-order valence-electron chi connectivity index (χ4n) is 2.62. The number of benzene rings is 1. The van der Waals surface area contributed by atoms with Gasteiger partial charge in [-0.2, -0.15) is 0 Å². The zero-order chi connectivity index (χ0) is 19.2. The lowest BCUT2D eigenvalue weighted by Gasteiger charge is -2.31. The highest BCUT2D eigenvalue weighted by molar-refractivity contribution is 5.82. The topological polar surface area (TPSA) is 116 Å². The Labute approximate surface area is 151 Å². The van der Waals surface area contributed by atoms with E-state index >= 15 is 0 Å². The Hall–Kier alpha value is -2.61. The number of piperidine rings is 1. The molecule has 0 saturated carbocycles. The molecule has 0 aliphatic carbocycles. The summed E-state index contributed by atoms with van der Waals surface area (Å²) in [6.45, 7) is 1.59. The van der Waals surface area contributed by atoms with E-state index in [1.807, 2.05) is 18.2 Å². The minimum absolute atomic E-state index is 0.0532. The average molecular weight is 364 g/mol. The number of hydrogen-bond donors (Lipinski definition) is 3. The molecule has 3 N–H and O–H groups in total. The zero-order valence-corrected chi connectivity index (χ0v) is 14.7. The fraction of sp³-hybridized carbons (Fsp3) is 0.500. The van der Waals surface area contributed by atoms with Gasteiger partial charge in [0.05, 0.1) is 6.54 Å². The van der Waals surface area contributed by atoms with Crippen LogP contribution in [-0.4, -0.2) is 64.7 Å². The van der Waals surface area contributed by atoms with Crippen LogP contribution in [0.5, 0.6) is 5.75 Å². The molecule has 0 radical (unpaired) electrons. The van der Waals surface area contributed by atoms with Gasteiger partial charge in [-0.25, -0.2) is 4.79 Å². The van der Waals surface area contributed by atoms with Gasteiger partial charge in [0.15, 0.2) is 12.2 Å². The molecule has 2 rings (SSSR count). The van der Waals surface area contributed by atoms with Gasteiger partial charge in [0.1, 0.15) is 5.75 Å². The Kier molecular flexibility index (Phi) is 6.57. The fourth-order valence-corrected chi connectivity index (χ4v) is 2.62. The molecule has 2 amide bonds. The third-order valence-electron chi connectivity index (χ3n) is 4.39. The van der Waals surface area contributed by atoms with Crippen molar-refractivity contribution >= 4 is 17.8 Å². The third kappa shape index (κ3) is 5.45. The molecule has 26 heavy (non-hydrogen) atoms. The maximum absolute atomic E-state index is 12.2. The molecule has 8 heteroatoms. The maximum Gasteiger partial charge on any atom is 0.337 e. The Bertz CT molecular complexity index is 638. The summed E-state index contributed by atoms with van der Waals surface area (Å²) in [6.07, 6.45) is 0.969. The van der Waals surface area contributed by atoms with Gasteiger partial charge in [0.25, 0.3) is 5.91 Å². The van der Waals surface area contributed by atoms with Gasteiger partial charge in [-0.15, -0.1) is 0 Å². The van der Waals surface area contributed by atoms with Crippen LogP contribution in [0.1, 0.15) is 19.8 Å². The van der Waals surface area contributed by atoms with Crippen molar-refractivity contribution in [1.29, 1.82) is 0 Å². The number of nitrogens with one attached hydrogen (secondary N) is 1. The van der Waals surface area contributed by atoms with Crippen molar-refractivity contribution in [1.82, 2.24) is 10.2 Å². The standard InChI is InChI=1S/C18H24N2O6/c1-18(25,17(23)24)12-19-16(22)13-7-9-20(10-8-13)15(21)11-26-14-5-3-2-4-6-14/h2-6,13,25H,7-12H2,1H3,(H,19,22)(H,23,24). The number of carbonyl (C=O) groups excluding carboxylic acids is 2. The van der Waals surface area contributed by atoms with Crippen LogP contribution in [0.2, 0.25) is 0 Å². The van der Waals surface area contributed by atoms with Crippen LogP contribution in [0.25, 0.3) is 0 Å². The minimum atomic E-state index is -2.00. The van der Waals surface area contributed by atoms with Crippen molar-refractivity contribution in [3.8, 4) is 5.75 Å². The monoisotopic (exact) mass is 364 g/mol.